The lowest BCUT2D eigenvalue weighted by atomic mass is 10.3. The molecule has 0 heterocycles. The molecule has 0 aliphatic rings. The van der Waals surface area contributed by atoms with Crippen LogP contribution in [-0.4, -0.2) is 68.8 Å². The minimum absolute atomic E-state index is 0.000365. The Kier molecular flexibility index (Phi) is 8.23. The van der Waals surface area contributed by atoms with Crippen molar-refractivity contribution in [2.24, 2.45) is 0 Å². The number of hydrogen-bond donors (Lipinski definition) is 2. The number of hydrogen-bond acceptors (Lipinski definition) is 7. The highest BCUT2D eigenvalue weighted by molar-refractivity contribution is 7.87. The molecule has 10 heteroatoms. The minimum Gasteiger partial charge on any atom is -0.481 e. The van der Waals surface area contributed by atoms with Gasteiger partial charge in [-0.25, -0.2) is 0 Å². The lowest BCUT2D eigenvalue weighted by Gasteiger charge is -2.11. The van der Waals surface area contributed by atoms with Crippen LogP contribution in [0.25, 0.3) is 0 Å². The van der Waals surface area contributed by atoms with E-state index < -0.39 is 33.7 Å². The monoisotopic (exact) mass is 300 g/mol. The van der Waals surface area contributed by atoms with Gasteiger partial charge in [-0.3, -0.25) is 14.1 Å². The normalized spacial score (nSPS) is 12.9. The fraction of sp³-hybridized carbons (Fsp3) is 0.778. The average Bonchev–Trinajstić information content (AvgIpc) is 2.28. The first-order valence-corrected chi connectivity index (χ1v) is 6.70. The number of carboxylic acid groups (broad SMARTS) is 1. The standard InChI is InChI=1S/C9H16O9S/c1-16-2-3-17-4-5-18-9(12)7(6-8(10)11)19(13,14)15/h7H,2-6H2,1H3,(H,10,11)(H,13,14,15). The predicted molar refractivity (Wildman–Crippen MR) is 61.2 cm³/mol. The van der Waals surface area contributed by atoms with Gasteiger partial charge in [0.05, 0.1) is 26.2 Å². The van der Waals surface area contributed by atoms with Gasteiger partial charge in [0.2, 0.25) is 0 Å². The zero-order valence-corrected chi connectivity index (χ0v) is 11.1. The van der Waals surface area contributed by atoms with E-state index in [1.165, 1.54) is 7.11 Å². The second kappa shape index (κ2) is 8.80. The zero-order valence-electron chi connectivity index (χ0n) is 10.3. The van der Waals surface area contributed by atoms with Crippen molar-refractivity contribution in [1.29, 1.82) is 0 Å². The van der Waals surface area contributed by atoms with E-state index in [1.54, 1.807) is 0 Å². The fourth-order valence-electron chi connectivity index (χ4n) is 1.01. The van der Waals surface area contributed by atoms with Crippen LogP contribution in [-0.2, 0) is 33.9 Å². The number of ether oxygens (including phenoxy) is 3. The Morgan fingerprint density at radius 2 is 1.74 bits per heavy atom. The molecule has 1 unspecified atom stereocenters. The summed E-state index contributed by atoms with van der Waals surface area (Å²) in [7, 11) is -3.35. The molecule has 9 nitrogen and oxygen atoms in total. The third-order valence-electron chi connectivity index (χ3n) is 1.89. The summed E-state index contributed by atoms with van der Waals surface area (Å²) in [5, 5.41) is 6.31. The van der Waals surface area contributed by atoms with E-state index in [4.69, 9.17) is 14.4 Å². The molecule has 0 fully saturated rings. The topological polar surface area (TPSA) is 136 Å². The van der Waals surface area contributed by atoms with E-state index in [-0.39, 0.29) is 19.8 Å². The fourth-order valence-corrected chi connectivity index (χ4v) is 1.67. The molecule has 0 saturated heterocycles. The maximum atomic E-state index is 11.3. The van der Waals surface area contributed by atoms with Crippen LogP contribution in [0.5, 0.6) is 0 Å². The second-order valence-corrected chi connectivity index (χ2v) is 4.97. The number of carboxylic acids is 1. The molecule has 1 atom stereocenters. The molecular formula is C9H16O9S. The second-order valence-electron chi connectivity index (χ2n) is 3.37. The molecule has 0 bridgehead atoms. The minimum atomic E-state index is -4.83. The van der Waals surface area contributed by atoms with Crippen LogP contribution in [0.15, 0.2) is 0 Å². The Balaban J connectivity index is 4.16. The van der Waals surface area contributed by atoms with Crippen molar-refractivity contribution in [3.05, 3.63) is 0 Å². The lowest BCUT2D eigenvalue weighted by molar-refractivity contribution is -0.148. The van der Waals surface area contributed by atoms with E-state index in [2.05, 4.69) is 9.47 Å². The summed E-state index contributed by atoms with van der Waals surface area (Å²) in [6.45, 7) is 0.361. The predicted octanol–water partition coefficient (Wildman–Crippen LogP) is -1.08. The van der Waals surface area contributed by atoms with Gasteiger partial charge >= 0.3 is 11.9 Å². The molecule has 0 aliphatic heterocycles. The van der Waals surface area contributed by atoms with Gasteiger partial charge in [-0.1, -0.05) is 0 Å². The van der Waals surface area contributed by atoms with Gasteiger partial charge in [-0.15, -0.1) is 0 Å². The van der Waals surface area contributed by atoms with E-state index in [1.807, 2.05) is 0 Å². The van der Waals surface area contributed by atoms with E-state index in [9.17, 15) is 18.0 Å². The molecule has 0 radical (unpaired) electrons. The van der Waals surface area contributed by atoms with Crippen LogP contribution in [0, 0.1) is 0 Å². The van der Waals surface area contributed by atoms with Crippen molar-refractivity contribution < 1.29 is 41.9 Å². The molecule has 0 aromatic rings. The molecule has 0 spiro atoms. The van der Waals surface area contributed by atoms with Crippen LogP contribution in [0.4, 0.5) is 0 Å². The summed E-state index contributed by atoms with van der Waals surface area (Å²) in [5.41, 5.74) is 0. The molecule has 2 N–H and O–H groups in total. The van der Waals surface area contributed by atoms with Gasteiger partial charge < -0.3 is 19.3 Å². The SMILES string of the molecule is COCCOCCOC(=O)C(CC(=O)O)S(=O)(=O)O. The highest BCUT2D eigenvalue weighted by atomic mass is 32.2. The van der Waals surface area contributed by atoms with Crippen LogP contribution in [0.1, 0.15) is 6.42 Å². The van der Waals surface area contributed by atoms with Crippen LogP contribution in [0.3, 0.4) is 0 Å². The summed E-state index contributed by atoms with van der Waals surface area (Å²) < 4.78 is 44.5. The summed E-state index contributed by atoms with van der Waals surface area (Å²) in [6.07, 6.45) is -1.07. The molecule has 112 valence electrons. The quantitative estimate of drug-likeness (QED) is 0.293. The molecule has 0 saturated carbocycles. The lowest BCUT2D eigenvalue weighted by Crippen LogP contribution is -2.34. The van der Waals surface area contributed by atoms with E-state index in [0.717, 1.165) is 0 Å². The summed E-state index contributed by atoms with van der Waals surface area (Å²) in [5.74, 6) is -2.88. The smallest absolute Gasteiger partial charge is 0.327 e. The molecule has 0 rings (SSSR count). The molecule has 19 heavy (non-hydrogen) atoms. The Bertz CT molecular complexity index is 388. The van der Waals surface area contributed by atoms with E-state index >= 15 is 0 Å². The van der Waals surface area contributed by atoms with Crippen LogP contribution in [0.2, 0.25) is 0 Å². The molecular weight excluding hydrogens is 284 g/mol. The van der Waals surface area contributed by atoms with Crippen molar-refractivity contribution >= 4 is 22.1 Å². The molecule has 0 amide bonds. The van der Waals surface area contributed by atoms with Gasteiger partial charge in [0.15, 0.2) is 5.25 Å². The largest absolute Gasteiger partial charge is 0.481 e. The van der Waals surface area contributed by atoms with Gasteiger partial charge in [0.1, 0.15) is 6.61 Å². The summed E-state index contributed by atoms with van der Waals surface area (Å²) in [4.78, 5) is 21.7. The van der Waals surface area contributed by atoms with Crippen molar-refractivity contribution in [3.8, 4) is 0 Å². The van der Waals surface area contributed by atoms with Crippen molar-refractivity contribution in [1.82, 2.24) is 0 Å². The van der Waals surface area contributed by atoms with Gasteiger partial charge in [0.25, 0.3) is 10.1 Å². The number of carbonyl (C=O) groups excluding carboxylic acids is 1. The number of carbonyl (C=O) groups is 2. The first kappa shape index (κ1) is 17.8. The molecule has 0 aromatic heterocycles. The van der Waals surface area contributed by atoms with Gasteiger partial charge in [-0.05, 0) is 0 Å². The average molecular weight is 300 g/mol. The zero-order chi connectivity index (χ0) is 14.9. The highest BCUT2D eigenvalue weighted by Crippen LogP contribution is 2.07. The number of aliphatic carboxylic acids is 1. The summed E-state index contributed by atoms with van der Waals surface area (Å²) >= 11 is 0. The van der Waals surface area contributed by atoms with Gasteiger partial charge in [0, 0.05) is 7.11 Å². The molecule has 0 aromatic carbocycles. The number of esters is 1. The number of rotatable bonds is 10. The Hall–Kier alpha value is -1.23. The third-order valence-corrected chi connectivity index (χ3v) is 2.96. The first-order chi connectivity index (χ1) is 8.79. The Morgan fingerprint density at radius 3 is 2.21 bits per heavy atom. The third kappa shape index (κ3) is 8.48. The Labute approximate surface area is 110 Å². The first-order valence-electron chi connectivity index (χ1n) is 5.20. The maximum Gasteiger partial charge on any atom is 0.327 e. The van der Waals surface area contributed by atoms with Crippen molar-refractivity contribution in [3.63, 3.8) is 0 Å². The van der Waals surface area contributed by atoms with Crippen LogP contribution >= 0.6 is 0 Å². The van der Waals surface area contributed by atoms with Crippen LogP contribution < -0.4 is 0 Å². The Morgan fingerprint density at radius 1 is 1.16 bits per heavy atom. The van der Waals surface area contributed by atoms with E-state index in [0.29, 0.717) is 6.61 Å². The van der Waals surface area contributed by atoms with Crippen molar-refractivity contribution in [2.75, 3.05) is 33.5 Å². The maximum absolute atomic E-state index is 11.3. The highest BCUT2D eigenvalue weighted by Gasteiger charge is 2.34. The number of methoxy groups -OCH3 is 1. The molecule has 0 aliphatic carbocycles. The summed E-state index contributed by atoms with van der Waals surface area (Å²) in [6, 6.07) is 0. The van der Waals surface area contributed by atoms with Crippen molar-refractivity contribution in [2.45, 2.75) is 11.7 Å². The van der Waals surface area contributed by atoms with Gasteiger partial charge in [-0.2, -0.15) is 8.42 Å².